The average molecular weight is 410 g/mol. The maximum atomic E-state index is 14.2. The Bertz CT molecular complexity index is 946. The van der Waals surface area contributed by atoms with Gasteiger partial charge in [-0.3, -0.25) is 9.59 Å². The van der Waals surface area contributed by atoms with Gasteiger partial charge in [0.2, 0.25) is 11.8 Å². The van der Waals surface area contributed by atoms with E-state index in [-0.39, 0.29) is 29.6 Å². The molecule has 6 heteroatoms. The quantitative estimate of drug-likeness (QED) is 0.789. The minimum atomic E-state index is -0.226. The van der Waals surface area contributed by atoms with Gasteiger partial charge in [-0.25, -0.2) is 4.39 Å². The fraction of sp³-hybridized carbons (Fsp3) is 0.417. The van der Waals surface area contributed by atoms with Crippen LogP contribution in [0.1, 0.15) is 36.8 Å². The summed E-state index contributed by atoms with van der Waals surface area (Å²) in [4.78, 5) is 26.9. The molecule has 0 radical (unpaired) electrons. The highest BCUT2D eigenvalue weighted by Crippen LogP contribution is 2.28. The summed E-state index contributed by atoms with van der Waals surface area (Å²) in [7, 11) is 0. The second kappa shape index (κ2) is 8.86. The minimum Gasteiger partial charge on any atom is -0.367 e. The fourth-order valence-electron chi connectivity index (χ4n) is 4.43. The molecule has 2 aliphatic heterocycles. The van der Waals surface area contributed by atoms with E-state index in [9.17, 15) is 14.0 Å². The summed E-state index contributed by atoms with van der Waals surface area (Å²) in [5.41, 5.74) is 3.61. The number of amides is 2. The van der Waals surface area contributed by atoms with Crippen LogP contribution in [0.25, 0.3) is 0 Å². The van der Waals surface area contributed by atoms with Crippen molar-refractivity contribution in [3.63, 3.8) is 0 Å². The number of carbonyl (C=O) groups is 2. The summed E-state index contributed by atoms with van der Waals surface area (Å²) >= 11 is 0. The lowest BCUT2D eigenvalue weighted by atomic mass is 9.89. The highest BCUT2D eigenvalue weighted by Gasteiger charge is 2.27. The standard InChI is InChI=1S/C24H28FN3O2/c1-16-8-10-20(25)22(13-16)28-12-4-6-19(15-28)26-23(29)11-9-18-14-17-5-2-3-7-21(17)27-24(18)30/h2-3,5,7-8,10,13,18-19H,4,6,9,11-12,14-15H2,1H3,(H,26,29)(H,27,30). The number of nitrogens with zero attached hydrogens (tertiary/aromatic N) is 1. The van der Waals surface area contributed by atoms with Gasteiger partial charge in [0.05, 0.1) is 5.69 Å². The van der Waals surface area contributed by atoms with Crippen molar-refractivity contribution < 1.29 is 14.0 Å². The lowest BCUT2D eigenvalue weighted by molar-refractivity contribution is -0.123. The van der Waals surface area contributed by atoms with Crippen LogP contribution in [0.2, 0.25) is 0 Å². The third-order valence-corrected chi connectivity index (χ3v) is 6.06. The molecule has 2 amide bonds. The van der Waals surface area contributed by atoms with Crippen molar-refractivity contribution in [3.05, 3.63) is 59.4 Å². The average Bonchev–Trinajstić information content (AvgIpc) is 2.74. The van der Waals surface area contributed by atoms with Crippen LogP contribution in [-0.2, 0) is 16.0 Å². The Kier molecular flexibility index (Phi) is 6.02. The van der Waals surface area contributed by atoms with E-state index >= 15 is 0 Å². The Labute approximate surface area is 176 Å². The Morgan fingerprint density at radius 3 is 2.97 bits per heavy atom. The van der Waals surface area contributed by atoms with Gasteiger partial charge in [0.1, 0.15) is 5.82 Å². The van der Waals surface area contributed by atoms with E-state index < -0.39 is 0 Å². The zero-order valence-electron chi connectivity index (χ0n) is 17.3. The normalized spacial score (nSPS) is 21.0. The van der Waals surface area contributed by atoms with Gasteiger partial charge < -0.3 is 15.5 Å². The SMILES string of the molecule is Cc1ccc(F)c(N2CCCC(NC(=O)CCC3Cc4ccccc4NC3=O)C2)c1. The van der Waals surface area contributed by atoms with Crippen LogP contribution in [-0.4, -0.2) is 30.9 Å². The topological polar surface area (TPSA) is 61.4 Å². The largest absolute Gasteiger partial charge is 0.367 e. The van der Waals surface area contributed by atoms with Crippen LogP contribution in [0.3, 0.4) is 0 Å². The second-order valence-corrected chi connectivity index (χ2v) is 8.39. The lowest BCUT2D eigenvalue weighted by Crippen LogP contribution is -2.48. The molecule has 0 aliphatic carbocycles. The summed E-state index contributed by atoms with van der Waals surface area (Å²) in [6.07, 6.45) is 3.29. The molecular formula is C24H28FN3O2. The molecule has 5 nitrogen and oxygen atoms in total. The molecule has 30 heavy (non-hydrogen) atoms. The first-order chi connectivity index (χ1) is 14.5. The van der Waals surface area contributed by atoms with E-state index in [1.807, 2.05) is 42.2 Å². The number of hydrogen-bond donors (Lipinski definition) is 2. The number of hydrogen-bond acceptors (Lipinski definition) is 3. The molecule has 2 aromatic carbocycles. The van der Waals surface area contributed by atoms with Gasteiger partial charge >= 0.3 is 0 Å². The molecule has 0 saturated carbocycles. The number of fused-ring (bicyclic) bond motifs is 1. The summed E-state index contributed by atoms with van der Waals surface area (Å²) in [5.74, 6) is -0.468. The highest BCUT2D eigenvalue weighted by molar-refractivity contribution is 5.96. The van der Waals surface area contributed by atoms with Crippen LogP contribution in [0.4, 0.5) is 15.8 Å². The van der Waals surface area contributed by atoms with Crippen molar-refractivity contribution in [2.24, 2.45) is 5.92 Å². The molecule has 2 aromatic rings. The fourth-order valence-corrected chi connectivity index (χ4v) is 4.43. The van der Waals surface area contributed by atoms with E-state index in [1.165, 1.54) is 6.07 Å². The zero-order valence-corrected chi connectivity index (χ0v) is 17.3. The number of benzene rings is 2. The van der Waals surface area contributed by atoms with E-state index in [0.29, 0.717) is 31.5 Å². The molecule has 4 rings (SSSR count). The molecular weight excluding hydrogens is 381 g/mol. The number of aryl methyl sites for hydroxylation is 1. The molecule has 0 bridgehead atoms. The number of nitrogens with one attached hydrogen (secondary N) is 2. The van der Waals surface area contributed by atoms with Crippen molar-refractivity contribution in [2.75, 3.05) is 23.3 Å². The van der Waals surface area contributed by atoms with Gasteiger partial charge in [-0.1, -0.05) is 24.3 Å². The van der Waals surface area contributed by atoms with E-state index in [2.05, 4.69) is 10.6 Å². The van der Waals surface area contributed by atoms with E-state index in [0.717, 1.165) is 36.2 Å². The number of carbonyl (C=O) groups excluding carboxylic acids is 2. The Hall–Kier alpha value is -2.89. The molecule has 0 aromatic heterocycles. The highest BCUT2D eigenvalue weighted by atomic mass is 19.1. The molecule has 0 spiro atoms. The summed E-state index contributed by atoms with van der Waals surface area (Å²) in [5, 5.41) is 6.03. The van der Waals surface area contributed by atoms with E-state index in [4.69, 9.17) is 0 Å². The van der Waals surface area contributed by atoms with Crippen LogP contribution in [0.15, 0.2) is 42.5 Å². The molecule has 2 atom stereocenters. The Morgan fingerprint density at radius 1 is 1.27 bits per heavy atom. The first kappa shape index (κ1) is 20.4. The summed E-state index contributed by atoms with van der Waals surface area (Å²) in [6, 6.07) is 12.9. The number of piperidine rings is 1. The van der Waals surface area contributed by atoms with Gasteiger partial charge in [-0.05, 0) is 61.9 Å². The van der Waals surface area contributed by atoms with Crippen LogP contribution >= 0.6 is 0 Å². The number of halogens is 1. The van der Waals surface area contributed by atoms with Crippen molar-refractivity contribution in [1.82, 2.24) is 5.32 Å². The zero-order chi connectivity index (χ0) is 21.1. The molecule has 2 N–H and O–H groups in total. The Morgan fingerprint density at radius 2 is 2.10 bits per heavy atom. The van der Waals surface area contributed by atoms with Gasteiger partial charge in [-0.15, -0.1) is 0 Å². The minimum absolute atomic E-state index is 0.00734. The third kappa shape index (κ3) is 4.64. The maximum absolute atomic E-state index is 14.2. The van der Waals surface area contributed by atoms with Crippen molar-refractivity contribution in [3.8, 4) is 0 Å². The summed E-state index contributed by atoms with van der Waals surface area (Å²) in [6.45, 7) is 3.34. The molecule has 1 fully saturated rings. The van der Waals surface area contributed by atoms with Gasteiger partial charge in [-0.2, -0.15) is 0 Å². The van der Waals surface area contributed by atoms with Crippen molar-refractivity contribution >= 4 is 23.2 Å². The van der Waals surface area contributed by atoms with Gasteiger partial charge in [0.15, 0.2) is 0 Å². The predicted molar refractivity (Wildman–Crippen MR) is 116 cm³/mol. The number of anilines is 2. The maximum Gasteiger partial charge on any atom is 0.227 e. The van der Waals surface area contributed by atoms with Gasteiger partial charge in [0.25, 0.3) is 0 Å². The van der Waals surface area contributed by atoms with Crippen molar-refractivity contribution in [2.45, 2.75) is 45.1 Å². The monoisotopic (exact) mass is 409 g/mol. The smallest absolute Gasteiger partial charge is 0.227 e. The van der Waals surface area contributed by atoms with Crippen LogP contribution in [0.5, 0.6) is 0 Å². The van der Waals surface area contributed by atoms with E-state index in [1.54, 1.807) is 6.07 Å². The van der Waals surface area contributed by atoms with Crippen molar-refractivity contribution in [1.29, 1.82) is 0 Å². The lowest BCUT2D eigenvalue weighted by Gasteiger charge is -2.35. The molecule has 158 valence electrons. The predicted octanol–water partition coefficient (Wildman–Crippen LogP) is 3.81. The Balaban J connectivity index is 1.30. The first-order valence-corrected chi connectivity index (χ1v) is 10.7. The third-order valence-electron chi connectivity index (χ3n) is 6.06. The van der Waals surface area contributed by atoms with Gasteiger partial charge in [0, 0.05) is 37.2 Å². The first-order valence-electron chi connectivity index (χ1n) is 10.7. The molecule has 2 heterocycles. The molecule has 1 saturated heterocycles. The molecule has 2 aliphatic rings. The molecule has 2 unspecified atom stereocenters. The summed E-state index contributed by atoms with van der Waals surface area (Å²) < 4.78 is 14.2. The number of rotatable bonds is 5. The van der Waals surface area contributed by atoms with Crippen LogP contribution in [0, 0.1) is 18.7 Å². The number of para-hydroxylation sites is 1. The van der Waals surface area contributed by atoms with Crippen LogP contribution < -0.4 is 15.5 Å². The second-order valence-electron chi connectivity index (χ2n) is 8.39.